The van der Waals surface area contributed by atoms with E-state index >= 15 is 0 Å². The van der Waals surface area contributed by atoms with Crippen LogP contribution in [-0.2, 0) is 4.79 Å². The summed E-state index contributed by atoms with van der Waals surface area (Å²) in [6.07, 6.45) is -1.17. The van der Waals surface area contributed by atoms with E-state index in [1.807, 2.05) is 42.5 Å². The van der Waals surface area contributed by atoms with Gasteiger partial charge in [-0.2, -0.15) is 0 Å². The first kappa shape index (κ1) is 15.2. The van der Waals surface area contributed by atoms with Crippen molar-refractivity contribution < 1.29 is 14.3 Å². The first-order valence-corrected chi connectivity index (χ1v) is 7.34. The molecule has 0 aliphatic carbocycles. The molecule has 0 aliphatic rings. The molecule has 0 saturated carbocycles. The van der Waals surface area contributed by atoms with Crippen LogP contribution < -0.4 is 5.32 Å². The Labute approximate surface area is 133 Å². The molecule has 0 bridgehead atoms. The van der Waals surface area contributed by atoms with E-state index in [0.717, 1.165) is 10.8 Å². The number of hydrogen-bond donors (Lipinski definition) is 2. The molecule has 0 heterocycles. The van der Waals surface area contributed by atoms with Crippen molar-refractivity contribution in [3.8, 4) is 0 Å². The van der Waals surface area contributed by atoms with E-state index in [1.54, 1.807) is 6.07 Å². The Bertz CT molecular complexity index is 842. The molecule has 1 unspecified atom stereocenters. The fraction of sp³-hybridized carbons (Fsp3) is 0.105. The molecule has 1 atom stereocenters. The van der Waals surface area contributed by atoms with Gasteiger partial charge in [0, 0.05) is 11.1 Å². The fourth-order valence-corrected chi connectivity index (χ4v) is 2.54. The minimum atomic E-state index is -1.04. The van der Waals surface area contributed by atoms with E-state index in [9.17, 15) is 14.3 Å². The normalized spacial score (nSPS) is 12.1. The molecule has 3 nitrogen and oxygen atoms in total. The number of rotatable bonds is 4. The number of aliphatic hydroxyl groups excluding tert-OH is 1. The fourth-order valence-electron chi connectivity index (χ4n) is 2.54. The smallest absolute Gasteiger partial charge is 0.227 e. The summed E-state index contributed by atoms with van der Waals surface area (Å²) in [6.45, 7) is 0. The van der Waals surface area contributed by atoms with Crippen molar-refractivity contribution in [1.82, 2.24) is 0 Å². The Kier molecular flexibility index (Phi) is 4.35. The van der Waals surface area contributed by atoms with Gasteiger partial charge in [0.05, 0.1) is 12.5 Å². The van der Waals surface area contributed by atoms with Crippen LogP contribution in [0.3, 0.4) is 0 Å². The first-order valence-electron chi connectivity index (χ1n) is 7.34. The summed E-state index contributed by atoms with van der Waals surface area (Å²) < 4.78 is 13.2. The zero-order valence-electron chi connectivity index (χ0n) is 12.4. The van der Waals surface area contributed by atoms with E-state index in [-0.39, 0.29) is 12.3 Å². The van der Waals surface area contributed by atoms with E-state index in [4.69, 9.17) is 0 Å². The number of carbonyl (C=O) groups is 1. The summed E-state index contributed by atoms with van der Waals surface area (Å²) in [5.74, 6) is -0.755. The Morgan fingerprint density at radius 3 is 2.61 bits per heavy atom. The molecular formula is C19H16FNO2. The third-order valence-electron chi connectivity index (χ3n) is 3.68. The minimum Gasteiger partial charge on any atom is -0.388 e. The standard InChI is InChI=1S/C19H16FNO2/c20-15-8-3-7-14(11-15)18(22)12-19(23)21-17-10-4-6-13-5-1-2-9-16(13)17/h1-11,18,22H,12H2,(H,21,23). The van der Waals surface area contributed by atoms with Crippen LogP contribution in [0, 0.1) is 5.82 Å². The number of halogens is 1. The van der Waals surface area contributed by atoms with Crippen LogP contribution in [0.15, 0.2) is 66.7 Å². The largest absolute Gasteiger partial charge is 0.388 e. The van der Waals surface area contributed by atoms with Crippen molar-refractivity contribution in [1.29, 1.82) is 0 Å². The van der Waals surface area contributed by atoms with Gasteiger partial charge in [-0.3, -0.25) is 4.79 Å². The Morgan fingerprint density at radius 2 is 1.78 bits per heavy atom. The molecule has 3 aromatic rings. The second-order valence-electron chi connectivity index (χ2n) is 5.35. The average molecular weight is 309 g/mol. The molecule has 1 amide bonds. The maximum Gasteiger partial charge on any atom is 0.227 e. The van der Waals surface area contributed by atoms with E-state index in [2.05, 4.69) is 5.32 Å². The third kappa shape index (κ3) is 3.55. The third-order valence-corrected chi connectivity index (χ3v) is 3.68. The van der Waals surface area contributed by atoms with Crippen molar-refractivity contribution in [3.05, 3.63) is 78.1 Å². The molecule has 3 rings (SSSR count). The molecule has 0 aromatic heterocycles. The van der Waals surface area contributed by atoms with Crippen LogP contribution in [0.25, 0.3) is 10.8 Å². The monoisotopic (exact) mass is 309 g/mol. The van der Waals surface area contributed by atoms with Crippen molar-refractivity contribution in [2.75, 3.05) is 5.32 Å². The van der Waals surface area contributed by atoms with Crippen LogP contribution in [0.4, 0.5) is 10.1 Å². The van der Waals surface area contributed by atoms with Crippen molar-refractivity contribution in [3.63, 3.8) is 0 Å². The highest BCUT2D eigenvalue weighted by molar-refractivity contribution is 6.02. The summed E-state index contributed by atoms with van der Waals surface area (Å²) in [6, 6.07) is 19.0. The van der Waals surface area contributed by atoms with Gasteiger partial charge in [-0.25, -0.2) is 4.39 Å². The molecule has 0 fully saturated rings. The van der Waals surface area contributed by atoms with Crippen molar-refractivity contribution >= 4 is 22.4 Å². The topological polar surface area (TPSA) is 49.3 Å². The zero-order valence-corrected chi connectivity index (χ0v) is 12.4. The number of nitrogens with one attached hydrogen (secondary N) is 1. The maximum atomic E-state index is 13.2. The molecule has 116 valence electrons. The minimum absolute atomic E-state index is 0.132. The molecule has 0 radical (unpaired) electrons. The van der Waals surface area contributed by atoms with Crippen LogP contribution >= 0.6 is 0 Å². The second-order valence-corrected chi connectivity index (χ2v) is 5.35. The average Bonchev–Trinajstić information content (AvgIpc) is 2.55. The number of amides is 1. The van der Waals surface area contributed by atoms with Gasteiger partial charge in [0.1, 0.15) is 5.82 Å². The lowest BCUT2D eigenvalue weighted by atomic mass is 10.1. The predicted molar refractivity (Wildman–Crippen MR) is 88.6 cm³/mol. The van der Waals surface area contributed by atoms with Crippen molar-refractivity contribution in [2.45, 2.75) is 12.5 Å². The number of benzene rings is 3. The number of anilines is 1. The maximum absolute atomic E-state index is 13.2. The zero-order chi connectivity index (χ0) is 16.2. The number of hydrogen-bond acceptors (Lipinski definition) is 2. The van der Waals surface area contributed by atoms with Gasteiger partial charge in [-0.1, -0.05) is 48.5 Å². The van der Waals surface area contributed by atoms with Gasteiger partial charge >= 0.3 is 0 Å². The van der Waals surface area contributed by atoms with Gasteiger partial charge in [0.15, 0.2) is 0 Å². The van der Waals surface area contributed by atoms with Crippen LogP contribution in [0.5, 0.6) is 0 Å². The predicted octanol–water partition coefficient (Wildman–Crippen LogP) is 4.04. The molecule has 3 aromatic carbocycles. The highest BCUT2D eigenvalue weighted by Gasteiger charge is 2.14. The van der Waals surface area contributed by atoms with Gasteiger partial charge < -0.3 is 10.4 Å². The van der Waals surface area contributed by atoms with Crippen LogP contribution in [0.1, 0.15) is 18.1 Å². The lowest BCUT2D eigenvalue weighted by Crippen LogP contribution is -2.15. The molecule has 4 heteroatoms. The van der Waals surface area contributed by atoms with Crippen LogP contribution in [0.2, 0.25) is 0 Å². The molecule has 2 N–H and O–H groups in total. The van der Waals surface area contributed by atoms with Gasteiger partial charge in [-0.15, -0.1) is 0 Å². The summed E-state index contributed by atoms with van der Waals surface area (Å²) >= 11 is 0. The Hall–Kier alpha value is -2.72. The van der Waals surface area contributed by atoms with Gasteiger partial charge in [0.2, 0.25) is 5.91 Å². The summed E-state index contributed by atoms with van der Waals surface area (Å²) in [5, 5.41) is 14.8. The van der Waals surface area contributed by atoms with E-state index in [1.165, 1.54) is 18.2 Å². The molecular weight excluding hydrogens is 293 g/mol. The lowest BCUT2D eigenvalue weighted by molar-refractivity contribution is -0.118. The van der Waals surface area contributed by atoms with Gasteiger partial charge in [0.25, 0.3) is 0 Å². The molecule has 0 saturated heterocycles. The van der Waals surface area contributed by atoms with E-state index in [0.29, 0.717) is 11.3 Å². The summed E-state index contributed by atoms with van der Waals surface area (Å²) in [4.78, 5) is 12.2. The Balaban J connectivity index is 1.74. The number of fused-ring (bicyclic) bond motifs is 1. The molecule has 0 spiro atoms. The quantitative estimate of drug-likeness (QED) is 0.764. The van der Waals surface area contributed by atoms with Crippen LogP contribution in [-0.4, -0.2) is 11.0 Å². The SMILES string of the molecule is O=C(CC(O)c1cccc(F)c1)Nc1cccc2ccccc12. The highest BCUT2D eigenvalue weighted by atomic mass is 19.1. The number of carbonyl (C=O) groups excluding carboxylic acids is 1. The number of aliphatic hydroxyl groups is 1. The van der Waals surface area contributed by atoms with Gasteiger partial charge in [-0.05, 0) is 29.1 Å². The first-order chi connectivity index (χ1) is 11.1. The Morgan fingerprint density at radius 1 is 1.04 bits per heavy atom. The summed E-state index contributed by atoms with van der Waals surface area (Å²) in [7, 11) is 0. The lowest BCUT2D eigenvalue weighted by Gasteiger charge is -2.12. The highest BCUT2D eigenvalue weighted by Crippen LogP contribution is 2.24. The van der Waals surface area contributed by atoms with E-state index < -0.39 is 11.9 Å². The van der Waals surface area contributed by atoms with Crippen molar-refractivity contribution in [2.24, 2.45) is 0 Å². The second kappa shape index (κ2) is 6.58. The molecule has 23 heavy (non-hydrogen) atoms. The summed E-state index contributed by atoms with van der Waals surface area (Å²) in [5.41, 5.74) is 1.08. The molecule has 0 aliphatic heterocycles.